The van der Waals surface area contributed by atoms with Crippen LogP contribution >= 0.6 is 23.5 Å². The van der Waals surface area contributed by atoms with Gasteiger partial charge in [-0.2, -0.15) is 0 Å². The number of nitrogens with one attached hydrogen (secondary N) is 1. The van der Waals surface area contributed by atoms with Crippen LogP contribution in [-0.4, -0.2) is 51.3 Å². The molecule has 0 spiro atoms. The van der Waals surface area contributed by atoms with Crippen molar-refractivity contribution in [2.24, 2.45) is 11.8 Å². The molecule has 0 aliphatic carbocycles. The number of rotatable bonds is 3. The zero-order valence-corrected chi connectivity index (χ0v) is 15.0. The highest BCUT2D eigenvalue weighted by atomic mass is 32.2. The van der Waals surface area contributed by atoms with E-state index < -0.39 is 11.9 Å². The highest BCUT2D eigenvalue weighted by Crippen LogP contribution is 2.41. The van der Waals surface area contributed by atoms with E-state index in [1.807, 2.05) is 6.92 Å². The summed E-state index contributed by atoms with van der Waals surface area (Å²) in [7, 11) is 0. The molecule has 2 heterocycles. The normalized spacial score (nSPS) is 22.7. The Bertz CT molecular complexity index is 405. The van der Waals surface area contributed by atoms with Gasteiger partial charge in [-0.25, -0.2) is 9.59 Å². The quantitative estimate of drug-likeness (QED) is 0.527. The van der Waals surface area contributed by atoms with E-state index in [0.717, 1.165) is 22.8 Å². The van der Waals surface area contributed by atoms with Gasteiger partial charge in [0.1, 0.15) is 0 Å². The van der Waals surface area contributed by atoms with Crippen LogP contribution in [0.3, 0.4) is 0 Å². The number of hydrogen-bond acceptors (Lipinski definition) is 5. The van der Waals surface area contributed by atoms with Crippen molar-refractivity contribution in [3.8, 4) is 11.8 Å². The minimum atomic E-state index is -1.82. The van der Waals surface area contributed by atoms with Gasteiger partial charge in [0, 0.05) is 6.42 Å². The molecule has 0 radical (unpaired) electrons. The number of carboxylic acids is 2. The molecule has 0 bridgehead atoms. The molecule has 0 aromatic rings. The Morgan fingerprint density at radius 3 is 2.35 bits per heavy atom. The van der Waals surface area contributed by atoms with Crippen molar-refractivity contribution in [2.45, 2.75) is 37.2 Å². The molecular formula is C16H25NO4S2. The van der Waals surface area contributed by atoms with Crippen LogP contribution < -0.4 is 5.32 Å². The Hall–Kier alpha value is -0.840. The number of aliphatic carboxylic acids is 2. The van der Waals surface area contributed by atoms with Gasteiger partial charge in [-0.3, -0.25) is 0 Å². The lowest BCUT2D eigenvalue weighted by Crippen LogP contribution is -2.37. The first kappa shape index (κ1) is 20.2. The summed E-state index contributed by atoms with van der Waals surface area (Å²) in [5.41, 5.74) is 0. The van der Waals surface area contributed by atoms with Gasteiger partial charge in [-0.1, -0.05) is 0 Å². The summed E-state index contributed by atoms with van der Waals surface area (Å²) in [6, 6.07) is 0. The number of piperidine rings is 1. The Labute approximate surface area is 146 Å². The van der Waals surface area contributed by atoms with Gasteiger partial charge in [0.15, 0.2) is 0 Å². The van der Waals surface area contributed by atoms with Gasteiger partial charge in [0.25, 0.3) is 0 Å². The molecule has 7 heteroatoms. The van der Waals surface area contributed by atoms with E-state index >= 15 is 0 Å². The minimum Gasteiger partial charge on any atom is -0.473 e. The molecule has 2 rings (SSSR count). The third-order valence-corrected chi connectivity index (χ3v) is 7.06. The molecule has 2 aliphatic rings. The van der Waals surface area contributed by atoms with E-state index in [9.17, 15) is 0 Å². The molecule has 5 nitrogen and oxygen atoms in total. The molecule has 3 N–H and O–H groups in total. The van der Waals surface area contributed by atoms with Crippen LogP contribution in [0.25, 0.3) is 0 Å². The van der Waals surface area contributed by atoms with Gasteiger partial charge in [0.2, 0.25) is 0 Å². The molecule has 2 aliphatic heterocycles. The van der Waals surface area contributed by atoms with E-state index in [1.165, 1.54) is 43.9 Å². The fourth-order valence-corrected chi connectivity index (χ4v) is 6.07. The highest BCUT2D eigenvalue weighted by Gasteiger charge is 2.31. The van der Waals surface area contributed by atoms with Gasteiger partial charge in [-0.05, 0) is 62.6 Å². The first-order valence-electron chi connectivity index (χ1n) is 7.86. The number of thioether (sulfide) groups is 2. The predicted molar refractivity (Wildman–Crippen MR) is 95.7 cm³/mol. The van der Waals surface area contributed by atoms with Crippen molar-refractivity contribution in [3.63, 3.8) is 0 Å². The van der Waals surface area contributed by atoms with Crippen molar-refractivity contribution in [3.05, 3.63) is 0 Å². The Kier molecular flexibility index (Phi) is 10.2. The van der Waals surface area contributed by atoms with Crippen molar-refractivity contribution in [2.75, 3.05) is 24.6 Å². The van der Waals surface area contributed by atoms with E-state index in [1.54, 1.807) is 0 Å². The average Bonchev–Trinajstić information content (AvgIpc) is 2.58. The van der Waals surface area contributed by atoms with E-state index in [2.05, 4.69) is 40.7 Å². The maximum Gasteiger partial charge on any atom is 0.414 e. The second kappa shape index (κ2) is 11.7. The summed E-state index contributed by atoms with van der Waals surface area (Å²) in [6.07, 6.45) is 5.25. The second-order valence-corrected chi connectivity index (χ2v) is 8.27. The first-order valence-corrected chi connectivity index (χ1v) is 9.95. The summed E-state index contributed by atoms with van der Waals surface area (Å²) >= 11 is 4.37. The average molecular weight is 360 g/mol. The molecular weight excluding hydrogens is 334 g/mol. The molecule has 0 saturated carbocycles. The zero-order valence-electron chi connectivity index (χ0n) is 13.4. The SMILES string of the molecule is CC#CCC(C1CCCNC1)C1SCCCS1.O=C(O)C(=O)O. The van der Waals surface area contributed by atoms with Crippen molar-refractivity contribution >= 4 is 35.5 Å². The van der Waals surface area contributed by atoms with Crippen LogP contribution in [-0.2, 0) is 9.59 Å². The summed E-state index contributed by atoms with van der Waals surface area (Å²) in [6.45, 7) is 4.40. The third-order valence-electron chi connectivity index (χ3n) is 3.84. The standard InChI is InChI=1S/C14H23NS2.C2H2O4/c1-2-3-7-13(12-6-4-8-15-11-12)14-16-9-5-10-17-14;3-1(4)2(5)6/h12-15H,4-11H2,1H3;(H,3,4)(H,5,6). The molecule has 0 aromatic carbocycles. The summed E-state index contributed by atoms with van der Waals surface area (Å²) in [5.74, 6) is 7.14. The molecule has 0 amide bonds. The molecule has 23 heavy (non-hydrogen) atoms. The molecule has 2 atom stereocenters. The highest BCUT2D eigenvalue weighted by molar-refractivity contribution is 8.17. The number of carbonyl (C=O) groups is 2. The van der Waals surface area contributed by atoms with Crippen LogP contribution in [0.1, 0.15) is 32.6 Å². The van der Waals surface area contributed by atoms with Crippen molar-refractivity contribution < 1.29 is 19.8 Å². The maximum absolute atomic E-state index is 9.10. The lowest BCUT2D eigenvalue weighted by Gasteiger charge is -2.36. The predicted octanol–water partition coefficient (Wildman–Crippen LogP) is 2.37. The number of hydrogen-bond donors (Lipinski definition) is 3. The van der Waals surface area contributed by atoms with Crippen LogP contribution in [0.15, 0.2) is 0 Å². The molecule has 2 saturated heterocycles. The van der Waals surface area contributed by atoms with Crippen molar-refractivity contribution in [1.82, 2.24) is 5.32 Å². The summed E-state index contributed by atoms with van der Waals surface area (Å²) in [4.78, 5) is 18.2. The van der Waals surface area contributed by atoms with Crippen molar-refractivity contribution in [1.29, 1.82) is 0 Å². The van der Waals surface area contributed by atoms with Gasteiger partial charge in [-0.15, -0.1) is 35.4 Å². The largest absolute Gasteiger partial charge is 0.473 e. The summed E-state index contributed by atoms with van der Waals surface area (Å²) in [5, 5.41) is 18.3. The van der Waals surface area contributed by atoms with E-state index in [0.29, 0.717) is 0 Å². The Morgan fingerprint density at radius 2 is 1.87 bits per heavy atom. The van der Waals surface area contributed by atoms with Gasteiger partial charge >= 0.3 is 11.9 Å². The van der Waals surface area contributed by atoms with E-state index in [-0.39, 0.29) is 0 Å². The Morgan fingerprint density at radius 1 is 1.22 bits per heavy atom. The van der Waals surface area contributed by atoms with Crippen LogP contribution in [0.4, 0.5) is 0 Å². The topological polar surface area (TPSA) is 86.6 Å². The van der Waals surface area contributed by atoms with Gasteiger partial charge < -0.3 is 15.5 Å². The van der Waals surface area contributed by atoms with Crippen LogP contribution in [0.2, 0.25) is 0 Å². The molecule has 0 aromatic heterocycles. The van der Waals surface area contributed by atoms with Crippen LogP contribution in [0, 0.1) is 23.7 Å². The molecule has 130 valence electrons. The van der Waals surface area contributed by atoms with Gasteiger partial charge in [0.05, 0.1) is 4.58 Å². The zero-order chi connectivity index (χ0) is 17.1. The Balaban J connectivity index is 0.000000379. The second-order valence-electron chi connectivity index (χ2n) is 5.48. The smallest absolute Gasteiger partial charge is 0.414 e. The minimum absolute atomic E-state index is 0.797. The van der Waals surface area contributed by atoms with Crippen LogP contribution in [0.5, 0.6) is 0 Å². The lowest BCUT2D eigenvalue weighted by atomic mass is 9.85. The third kappa shape index (κ3) is 8.00. The lowest BCUT2D eigenvalue weighted by molar-refractivity contribution is -0.159. The fraction of sp³-hybridized carbons (Fsp3) is 0.750. The number of carboxylic acid groups (broad SMARTS) is 2. The monoisotopic (exact) mass is 359 g/mol. The fourth-order valence-electron chi connectivity index (χ4n) is 2.70. The van der Waals surface area contributed by atoms with E-state index in [4.69, 9.17) is 19.8 Å². The summed E-state index contributed by atoms with van der Waals surface area (Å²) < 4.78 is 0.800. The molecule has 2 unspecified atom stereocenters. The maximum atomic E-state index is 9.10. The first-order chi connectivity index (χ1) is 11.1. The molecule has 2 fully saturated rings.